The lowest BCUT2D eigenvalue weighted by Gasteiger charge is -2.28. The monoisotopic (exact) mass is 867 g/mol. The molecule has 8 aromatic carbocycles. The zero-order valence-corrected chi connectivity index (χ0v) is 40.6. The summed E-state index contributed by atoms with van der Waals surface area (Å²) in [6, 6.07) is 50.9. The van der Waals surface area contributed by atoms with E-state index in [0.717, 1.165) is 33.3 Å². The Balaban J connectivity index is 1.12. The normalized spacial score (nSPS) is 15.1. The van der Waals surface area contributed by atoms with Crippen molar-refractivity contribution in [1.29, 1.82) is 0 Å². The maximum absolute atomic E-state index is 6.65. The SMILES string of the molecule is Cc1cc(-c2cc3c(cc2Nc2ccc(C(C)(C)C)cc2)C(C)(C)c2cc(C(C)(C)C)ccc2-3)c2c3c1c1cc4c(cc1n3-c1cc3c(cc1[B]2)C(C)(C)c1ccccc1-3)oc1ccccc14. The molecule has 1 aliphatic heterocycles. The molecule has 0 bridgehead atoms. The van der Waals surface area contributed by atoms with E-state index in [-0.39, 0.29) is 21.7 Å². The fraction of sp³-hybridized carbons (Fsp3) is 0.238. The van der Waals surface area contributed by atoms with Gasteiger partial charge in [0.05, 0.1) is 5.52 Å². The van der Waals surface area contributed by atoms with Crippen molar-refractivity contribution in [3.05, 3.63) is 172 Å². The van der Waals surface area contributed by atoms with Gasteiger partial charge in [-0.2, -0.15) is 0 Å². The van der Waals surface area contributed by atoms with Gasteiger partial charge < -0.3 is 14.3 Å². The average Bonchev–Trinajstić information content (AvgIpc) is 3.96. The number of benzene rings is 8. The molecule has 1 N–H and O–H groups in total. The maximum atomic E-state index is 6.65. The lowest BCUT2D eigenvalue weighted by molar-refractivity contribution is 0.584. The summed E-state index contributed by atoms with van der Waals surface area (Å²) < 4.78 is 9.22. The van der Waals surface area contributed by atoms with Crippen LogP contribution in [0.4, 0.5) is 11.4 Å². The highest BCUT2D eigenvalue weighted by molar-refractivity contribution is 6.73. The van der Waals surface area contributed by atoms with Crippen LogP contribution < -0.4 is 16.2 Å². The lowest BCUT2D eigenvalue weighted by Crippen LogP contribution is -2.38. The summed E-state index contributed by atoms with van der Waals surface area (Å²) >= 11 is 0. The summed E-state index contributed by atoms with van der Waals surface area (Å²) in [6.45, 7) is 25.7. The van der Waals surface area contributed by atoms with Gasteiger partial charge in [-0.15, -0.1) is 0 Å². The van der Waals surface area contributed by atoms with Crippen LogP contribution in [0, 0.1) is 6.92 Å². The molecule has 3 nitrogen and oxygen atoms in total. The maximum Gasteiger partial charge on any atom is 0.197 e. The quantitative estimate of drug-likeness (QED) is 0.179. The molecule has 10 aromatic rings. The van der Waals surface area contributed by atoms with Crippen molar-refractivity contribution in [1.82, 2.24) is 4.57 Å². The van der Waals surface area contributed by atoms with Gasteiger partial charge >= 0.3 is 0 Å². The molecule has 0 saturated heterocycles. The van der Waals surface area contributed by atoms with Gasteiger partial charge in [0.15, 0.2) is 7.28 Å². The molecule has 3 heterocycles. The van der Waals surface area contributed by atoms with Crippen LogP contribution in [-0.4, -0.2) is 11.8 Å². The Bertz CT molecular complexity index is 3820. The minimum atomic E-state index is -0.186. The molecule has 67 heavy (non-hydrogen) atoms. The summed E-state index contributed by atoms with van der Waals surface area (Å²) in [6.07, 6.45) is 0. The molecule has 0 unspecified atom stereocenters. The Morgan fingerprint density at radius 3 is 1.96 bits per heavy atom. The molecule has 327 valence electrons. The van der Waals surface area contributed by atoms with E-state index in [1.54, 1.807) is 0 Å². The number of fused-ring (bicyclic) bond motifs is 14. The molecule has 13 rings (SSSR count). The minimum absolute atomic E-state index is 0.0466. The molecule has 0 spiro atoms. The van der Waals surface area contributed by atoms with Gasteiger partial charge in [0, 0.05) is 66.6 Å². The highest BCUT2D eigenvalue weighted by Crippen LogP contribution is 2.54. The predicted molar refractivity (Wildman–Crippen MR) is 286 cm³/mol. The van der Waals surface area contributed by atoms with Crippen LogP contribution in [0.1, 0.15) is 108 Å². The summed E-state index contributed by atoms with van der Waals surface area (Å²) in [4.78, 5) is 0. The molecule has 0 fully saturated rings. The molecular formula is C63H56BN2O. The summed E-state index contributed by atoms with van der Waals surface area (Å²) in [5.74, 6) is 0. The number of nitrogens with one attached hydrogen (secondary N) is 1. The van der Waals surface area contributed by atoms with E-state index in [1.807, 2.05) is 0 Å². The highest BCUT2D eigenvalue weighted by atomic mass is 16.3. The van der Waals surface area contributed by atoms with Gasteiger partial charge in [-0.3, -0.25) is 0 Å². The third-order valence-corrected chi connectivity index (χ3v) is 16.0. The number of aromatic nitrogens is 1. The van der Waals surface area contributed by atoms with Crippen LogP contribution in [0.15, 0.2) is 138 Å². The average molecular weight is 868 g/mol. The number of nitrogens with zero attached hydrogens (tertiary/aromatic N) is 1. The van der Waals surface area contributed by atoms with E-state index in [9.17, 15) is 0 Å². The second kappa shape index (κ2) is 13.2. The van der Waals surface area contributed by atoms with Crippen LogP contribution in [0.2, 0.25) is 0 Å². The first kappa shape index (κ1) is 40.5. The third kappa shape index (κ3) is 5.59. The van der Waals surface area contributed by atoms with E-state index in [2.05, 4.69) is 227 Å². The number of aryl methyl sites for hydroxylation is 1. The molecule has 1 radical (unpaired) electrons. The molecule has 4 heteroatoms. The van der Waals surface area contributed by atoms with E-state index < -0.39 is 0 Å². The standard InChI is InChI=1S/C63H56BN2O/c1-34-26-45(43-28-41-39-25-22-36(61(5,6)7)27-48(39)63(10,11)50(41)32-52(43)65-37-23-20-35(21-24-37)60(2,3)4)58-59-57(34)46-29-44-40-17-13-15-19-55(40)67-56(44)33-53(46)66(59)54-30-42-38-16-12-14-18-47(38)62(8,9)49(42)31-51(54)64-58/h12-33,65H,1-11H3. The van der Waals surface area contributed by atoms with Gasteiger partial charge in [0.25, 0.3) is 0 Å². The molecular weight excluding hydrogens is 812 g/mol. The Morgan fingerprint density at radius 1 is 0.522 bits per heavy atom. The van der Waals surface area contributed by atoms with Gasteiger partial charge in [0.2, 0.25) is 0 Å². The molecule has 0 saturated carbocycles. The van der Waals surface area contributed by atoms with Gasteiger partial charge in [-0.05, 0) is 132 Å². The number of hydrogen-bond acceptors (Lipinski definition) is 2. The first-order chi connectivity index (χ1) is 31.9. The number of anilines is 2. The predicted octanol–water partition coefficient (Wildman–Crippen LogP) is 15.6. The van der Waals surface area contributed by atoms with Crippen molar-refractivity contribution in [2.24, 2.45) is 0 Å². The summed E-state index contributed by atoms with van der Waals surface area (Å²) in [5, 5.41) is 8.87. The number of rotatable bonds is 3. The second-order valence-corrected chi connectivity index (χ2v) is 23.0. The smallest absolute Gasteiger partial charge is 0.197 e. The number of furan rings is 1. The van der Waals surface area contributed by atoms with Gasteiger partial charge in [-0.25, -0.2) is 0 Å². The molecule has 0 amide bonds. The molecule has 2 aliphatic carbocycles. The van der Waals surface area contributed by atoms with Crippen molar-refractivity contribution < 1.29 is 4.42 Å². The van der Waals surface area contributed by atoms with Crippen molar-refractivity contribution in [2.45, 2.75) is 97.8 Å². The minimum Gasteiger partial charge on any atom is -0.456 e. The van der Waals surface area contributed by atoms with Crippen molar-refractivity contribution >= 4 is 73.3 Å². The van der Waals surface area contributed by atoms with Crippen LogP contribution in [-0.2, 0) is 21.7 Å². The Kier molecular flexibility index (Phi) is 7.99. The largest absolute Gasteiger partial charge is 0.456 e. The fourth-order valence-electron chi connectivity index (χ4n) is 12.3. The fourth-order valence-corrected chi connectivity index (χ4v) is 12.3. The Morgan fingerprint density at radius 2 is 1.18 bits per heavy atom. The van der Waals surface area contributed by atoms with E-state index in [4.69, 9.17) is 4.42 Å². The van der Waals surface area contributed by atoms with Crippen LogP contribution in [0.25, 0.3) is 82.8 Å². The van der Waals surface area contributed by atoms with Crippen LogP contribution >= 0.6 is 0 Å². The number of hydrogen-bond donors (Lipinski definition) is 1. The zero-order chi connectivity index (χ0) is 46.3. The van der Waals surface area contributed by atoms with Crippen LogP contribution in [0.5, 0.6) is 0 Å². The first-order valence-corrected chi connectivity index (χ1v) is 24.2. The summed E-state index contributed by atoms with van der Waals surface area (Å²) in [7, 11) is 2.51. The Hall–Kier alpha value is -6.78. The first-order valence-electron chi connectivity index (χ1n) is 24.2. The van der Waals surface area contributed by atoms with Gasteiger partial charge in [0.1, 0.15) is 11.2 Å². The zero-order valence-electron chi connectivity index (χ0n) is 40.6. The van der Waals surface area contributed by atoms with E-state index in [0.29, 0.717) is 0 Å². The van der Waals surface area contributed by atoms with Crippen molar-refractivity contribution in [3.63, 3.8) is 0 Å². The third-order valence-electron chi connectivity index (χ3n) is 16.0. The van der Waals surface area contributed by atoms with Gasteiger partial charge in [-0.1, -0.05) is 160 Å². The lowest BCUT2D eigenvalue weighted by atomic mass is 9.58. The second-order valence-electron chi connectivity index (χ2n) is 23.0. The van der Waals surface area contributed by atoms with Crippen molar-refractivity contribution in [3.8, 4) is 39.1 Å². The molecule has 0 atom stereocenters. The molecule has 3 aliphatic rings. The highest BCUT2D eigenvalue weighted by Gasteiger charge is 2.40. The summed E-state index contributed by atoms with van der Waals surface area (Å²) in [5.41, 5.74) is 27.1. The molecule has 2 aromatic heterocycles. The Labute approximate surface area is 395 Å². The van der Waals surface area contributed by atoms with E-state index >= 15 is 0 Å². The number of para-hydroxylation sites is 1. The van der Waals surface area contributed by atoms with E-state index in [1.165, 1.54) is 111 Å². The topological polar surface area (TPSA) is 30.1 Å². The van der Waals surface area contributed by atoms with Crippen molar-refractivity contribution in [2.75, 3.05) is 5.32 Å². The van der Waals surface area contributed by atoms with Crippen LogP contribution in [0.3, 0.4) is 0 Å².